The van der Waals surface area contributed by atoms with Crippen molar-refractivity contribution in [2.75, 3.05) is 32.7 Å². The SMILES string of the molecule is O=C1CC(C(=O)N2CCN3CCCCC3C2)CN1. The number of nitrogens with one attached hydrogen (secondary N) is 1. The smallest absolute Gasteiger partial charge is 0.228 e. The Bertz CT molecular complexity index is 358. The van der Waals surface area contributed by atoms with Crippen LogP contribution in [0, 0.1) is 5.92 Å². The predicted octanol–water partition coefficient (Wildman–Crippen LogP) is -0.181. The van der Waals surface area contributed by atoms with Crippen LogP contribution in [0.1, 0.15) is 25.7 Å². The Morgan fingerprint density at radius 1 is 1.22 bits per heavy atom. The van der Waals surface area contributed by atoms with E-state index in [-0.39, 0.29) is 17.7 Å². The van der Waals surface area contributed by atoms with Gasteiger partial charge in [0.1, 0.15) is 0 Å². The van der Waals surface area contributed by atoms with Crippen LogP contribution in [0.4, 0.5) is 0 Å². The summed E-state index contributed by atoms with van der Waals surface area (Å²) in [4.78, 5) is 28.0. The fourth-order valence-electron chi connectivity index (χ4n) is 3.39. The maximum absolute atomic E-state index is 12.3. The first kappa shape index (κ1) is 12.0. The first-order valence-corrected chi connectivity index (χ1v) is 7.03. The van der Waals surface area contributed by atoms with Crippen molar-refractivity contribution in [3.05, 3.63) is 0 Å². The number of carbonyl (C=O) groups is 2. The van der Waals surface area contributed by atoms with E-state index in [0.717, 1.165) is 19.6 Å². The molecule has 0 aromatic rings. The average molecular weight is 251 g/mol. The van der Waals surface area contributed by atoms with Crippen LogP contribution in [-0.4, -0.2) is 60.4 Å². The highest BCUT2D eigenvalue weighted by molar-refractivity contribution is 5.89. The lowest BCUT2D eigenvalue weighted by Gasteiger charge is -2.44. The molecule has 0 saturated carbocycles. The summed E-state index contributed by atoms with van der Waals surface area (Å²) in [6, 6.07) is 0.557. The second-order valence-electron chi connectivity index (χ2n) is 5.67. The van der Waals surface area contributed by atoms with Gasteiger partial charge in [0.25, 0.3) is 0 Å². The Hall–Kier alpha value is -1.10. The molecule has 0 aliphatic carbocycles. The van der Waals surface area contributed by atoms with Crippen molar-refractivity contribution in [3.63, 3.8) is 0 Å². The van der Waals surface area contributed by atoms with E-state index in [1.807, 2.05) is 4.90 Å². The molecule has 1 N–H and O–H groups in total. The van der Waals surface area contributed by atoms with Crippen LogP contribution in [0.3, 0.4) is 0 Å². The Kier molecular flexibility index (Phi) is 3.24. The minimum Gasteiger partial charge on any atom is -0.355 e. The quantitative estimate of drug-likeness (QED) is 0.703. The van der Waals surface area contributed by atoms with Crippen LogP contribution in [0.2, 0.25) is 0 Å². The minimum absolute atomic E-state index is 0.0182. The number of nitrogens with zero attached hydrogens (tertiary/aromatic N) is 2. The number of hydrogen-bond donors (Lipinski definition) is 1. The highest BCUT2D eigenvalue weighted by atomic mass is 16.2. The van der Waals surface area contributed by atoms with E-state index in [4.69, 9.17) is 0 Å². The molecule has 2 atom stereocenters. The van der Waals surface area contributed by atoms with E-state index in [1.165, 1.54) is 25.8 Å². The van der Waals surface area contributed by atoms with E-state index in [1.54, 1.807) is 0 Å². The third-order valence-electron chi connectivity index (χ3n) is 4.48. The van der Waals surface area contributed by atoms with Gasteiger partial charge in [-0.25, -0.2) is 0 Å². The molecule has 0 bridgehead atoms. The first-order chi connectivity index (χ1) is 8.74. The molecule has 18 heavy (non-hydrogen) atoms. The zero-order valence-corrected chi connectivity index (χ0v) is 10.7. The molecule has 3 rings (SSSR count). The van der Waals surface area contributed by atoms with Gasteiger partial charge in [-0.3, -0.25) is 14.5 Å². The van der Waals surface area contributed by atoms with Gasteiger partial charge in [0.15, 0.2) is 0 Å². The fourth-order valence-corrected chi connectivity index (χ4v) is 3.39. The summed E-state index contributed by atoms with van der Waals surface area (Å²) in [7, 11) is 0. The molecule has 3 fully saturated rings. The largest absolute Gasteiger partial charge is 0.355 e. The summed E-state index contributed by atoms with van der Waals surface area (Å²) in [6.45, 7) is 4.42. The maximum atomic E-state index is 12.3. The van der Waals surface area contributed by atoms with E-state index >= 15 is 0 Å². The number of hydrogen-bond acceptors (Lipinski definition) is 3. The lowest BCUT2D eigenvalue weighted by atomic mass is 9.98. The molecule has 2 amide bonds. The van der Waals surface area contributed by atoms with Crippen molar-refractivity contribution < 1.29 is 9.59 Å². The molecule has 5 heteroatoms. The third kappa shape index (κ3) is 2.23. The molecule has 3 aliphatic rings. The summed E-state index contributed by atoms with van der Waals surface area (Å²) < 4.78 is 0. The second-order valence-corrected chi connectivity index (χ2v) is 5.67. The molecule has 3 saturated heterocycles. The number of carbonyl (C=O) groups excluding carboxylic acids is 2. The van der Waals surface area contributed by atoms with Crippen LogP contribution in [0.15, 0.2) is 0 Å². The first-order valence-electron chi connectivity index (χ1n) is 7.03. The van der Waals surface area contributed by atoms with Crippen molar-refractivity contribution in [2.45, 2.75) is 31.7 Å². The third-order valence-corrected chi connectivity index (χ3v) is 4.48. The van der Waals surface area contributed by atoms with Crippen molar-refractivity contribution in [3.8, 4) is 0 Å². The molecule has 3 heterocycles. The van der Waals surface area contributed by atoms with E-state index < -0.39 is 0 Å². The molecule has 0 aromatic heterocycles. The number of piperidine rings is 1. The second kappa shape index (κ2) is 4.88. The van der Waals surface area contributed by atoms with Gasteiger partial charge in [0.2, 0.25) is 11.8 Å². The minimum atomic E-state index is -0.118. The summed E-state index contributed by atoms with van der Waals surface area (Å²) >= 11 is 0. The van der Waals surface area contributed by atoms with Crippen LogP contribution in [0.5, 0.6) is 0 Å². The lowest BCUT2D eigenvalue weighted by Crippen LogP contribution is -2.57. The Morgan fingerprint density at radius 2 is 2.11 bits per heavy atom. The average Bonchev–Trinajstić information content (AvgIpc) is 2.84. The van der Waals surface area contributed by atoms with Crippen LogP contribution >= 0.6 is 0 Å². The van der Waals surface area contributed by atoms with Gasteiger partial charge in [-0.05, 0) is 19.4 Å². The number of rotatable bonds is 1. The van der Waals surface area contributed by atoms with Gasteiger partial charge in [0, 0.05) is 38.6 Å². The summed E-state index contributed by atoms with van der Waals surface area (Å²) in [5.41, 5.74) is 0. The van der Waals surface area contributed by atoms with Gasteiger partial charge < -0.3 is 10.2 Å². The summed E-state index contributed by atoms with van der Waals surface area (Å²) in [5, 5.41) is 2.75. The molecule has 0 aromatic carbocycles. The normalized spacial score (nSPS) is 33.1. The summed E-state index contributed by atoms with van der Waals surface area (Å²) in [6.07, 6.45) is 4.17. The summed E-state index contributed by atoms with van der Waals surface area (Å²) in [5.74, 6) is 0.0795. The van der Waals surface area contributed by atoms with Gasteiger partial charge in [-0.1, -0.05) is 6.42 Å². The topological polar surface area (TPSA) is 52.7 Å². The van der Waals surface area contributed by atoms with Crippen LogP contribution < -0.4 is 5.32 Å². The van der Waals surface area contributed by atoms with Gasteiger partial charge in [-0.2, -0.15) is 0 Å². The lowest BCUT2D eigenvalue weighted by molar-refractivity contribution is -0.139. The van der Waals surface area contributed by atoms with Crippen molar-refractivity contribution in [1.29, 1.82) is 0 Å². The Balaban J connectivity index is 1.60. The Morgan fingerprint density at radius 3 is 2.89 bits per heavy atom. The zero-order valence-electron chi connectivity index (χ0n) is 10.7. The Labute approximate surface area is 107 Å². The number of fused-ring (bicyclic) bond motifs is 1. The maximum Gasteiger partial charge on any atom is 0.228 e. The molecule has 3 aliphatic heterocycles. The highest BCUT2D eigenvalue weighted by Gasteiger charge is 2.36. The van der Waals surface area contributed by atoms with Gasteiger partial charge in [-0.15, -0.1) is 0 Å². The van der Waals surface area contributed by atoms with E-state index in [9.17, 15) is 9.59 Å². The standard InChI is InChI=1S/C13H21N3O2/c17-12-7-10(8-14-12)13(18)16-6-5-15-4-2-1-3-11(15)9-16/h10-11H,1-9H2,(H,14,17). The molecular formula is C13H21N3O2. The van der Waals surface area contributed by atoms with Crippen molar-refractivity contribution >= 4 is 11.8 Å². The zero-order chi connectivity index (χ0) is 12.5. The molecular weight excluding hydrogens is 230 g/mol. The predicted molar refractivity (Wildman–Crippen MR) is 66.9 cm³/mol. The van der Waals surface area contributed by atoms with Crippen LogP contribution in [0.25, 0.3) is 0 Å². The fraction of sp³-hybridized carbons (Fsp3) is 0.846. The van der Waals surface area contributed by atoms with E-state index in [2.05, 4.69) is 10.2 Å². The molecule has 0 radical (unpaired) electrons. The van der Waals surface area contributed by atoms with Gasteiger partial charge >= 0.3 is 0 Å². The molecule has 2 unspecified atom stereocenters. The monoisotopic (exact) mass is 251 g/mol. The number of amides is 2. The number of piperazine rings is 1. The van der Waals surface area contributed by atoms with Crippen molar-refractivity contribution in [1.82, 2.24) is 15.1 Å². The van der Waals surface area contributed by atoms with Gasteiger partial charge in [0.05, 0.1) is 5.92 Å². The molecule has 0 spiro atoms. The molecule has 100 valence electrons. The van der Waals surface area contributed by atoms with Crippen molar-refractivity contribution in [2.24, 2.45) is 5.92 Å². The van der Waals surface area contributed by atoms with Crippen LogP contribution in [-0.2, 0) is 9.59 Å². The van der Waals surface area contributed by atoms with E-state index in [0.29, 0.717) is 19.0 Å². The molecule has 5 nitrogen and oxygen atoms in total. The highest BCUT2D eigenvalue weighted by Crippen LogP contribution is 2.23.